The number of carbonyl (C=O) groups is 1. The molecule has 2 aliphatic rings. The van der Waals surface area contributed by atoms with Gasteiger partial charge in [0.25, 0.3) is 0 Å². The van der Waals surface area contributed by atoms with Crippen LogP contribution in [-0.2, 0) is 11.3 Å². The SMILES string of the molecule is COc1ccc(CN(C2CC2)[C@H](C(=O)NC2CC2)c2ccccc2)cc1. The third-order valence-electron chi connectivity index (χ3n) is 5.16. The monoisotopic (exact) mass is 350 g/mol. The third-order valence-corrected chi connectivity index (χ3v) is 5.16. The predicted molar refractivity (Wildman–Crippen MR) is 102 cm³/mol. The minimum absolute atomic E-state index is 0.138. The van der Waals surface area contributed by atoms with Crippen LogP contribution in [0.2, 0.25) is 0 Å². The van der Waals surface area contributed by atoms with Gasteiger partial charge in [-0.2, -0.15) is 0 Å². The number of hydrogen-bond donors (Lipinski definition) is 1. The van der Waals surface area contributed by atoms with E-state index in [0.717, 1.165) is 43.5 Å². The molecule has 2 fully saturated rings. The second-order valence-electron chi connectivity index (χ2n) is 7.35. The first-order valence-corrected chi connectivity index (χ1v) is 9.48. The first-order chi connectivity index (χ1) is 12.7. The lowest BCUT2D eigenvalue weighted by Gasteiger charge is -2.31. The van der Waals surface area contributed by atoms with Crippen LogP contribution in [0.5, 0.6) is 5.75 Å². The van der Waals surface area contributed by atoms with Crippen molar-refractivity contribution in [1.29, 1.82) is 0 Å². The predicted octanol–water partition coefficient (Wildman–Crippen LogP) is 3.68. The number of methoxy groups -OCH3 is 1. The van der Waals surface area contributed by atoms with Crippen LogP contribution in [0.25, 0.3) is 0 Å². The molecule has 1 atom stereocenters. The summed E-state index contributed by atoms with van der Waals surface area (Å²) in [5, 5.41) is 3.22. The highest BCUT2D eigenvalue weighted by Crippen LogP contribution is 2.36. The molecule has 2 aliphatic carbocycles. The van der Waals surface area contributed by atoms with E-state index in [1.54, 1.807) is 7.11 Å². The molecule has 2 saturated carbocycles. The highest BCUT2D eigenvalue weighted by molar-refractivity contribution is 5.83. The van der Waals surface area contributed by atoms with Gasteiger partial charge in [0.2, 0.25) is 5.91 Å². The number of nitrogens with zero attached hydrogens (tertiary/aromatic N) is 1. The second kappa shape index (κ2) is 7.50. The summed E-state index contributed by atoms with van der Waals surface area (Å²) in [7, 11) is 1.68. The Morgan fingerprint density at radius 3 is 2.35 bits per heavy atom. The number of nitrogens with one attached hydrogen (secondary N) is 1. The van der Waals surface area contributed by atoms with Crippen molar-refractivity contribution in [3.05, 3.63) is 65.7 Å². The van der Waals surface area contributed by atoms with Crippen LogP contribution < -0.4 is 10.1 Å². The van der Waals surface area contributed by atoms with Crippen LogP contribution in [0.1, 0.15) is 42.9 Å². The van der Waals surface area contributed by atoms with Crippen LogP contribution in [-0.4, -0.2) is 30.0 Å². The van der Waals surface area contributed by atoms with Crippen molar-refractivity contribution in [2.24, 2.45) is 0 Å². The topological polar surface area (TPSA) is 41.6 Å². The lowest BCUT2D eigenvalue weighted by molar-refractivity contribution is -0.127. The normalized spacial score (nSPS) is 17.8. The highest BCUT2D eigenvalue weighted by Gasteiger charge is 2.39. The molecule has 2 aromatic rings. The lowest BCUT2D eigenvalue weighted by Crippen LogP contribution is -2.42. The fourth-order valence-electron chi connectivity index (χ4n) is 3.42. The summed E-state index contributed by atoms with van der Waals surface area (Å²) in [6.45, 7) is 0.770. The van der Waals surface area contributed by atoms with Crippen LogP contribution in [0, 0.1) is 0 Å². The largest absolute Gasteiger partial charge is 0.497 e. The average molecular weight is 350 g/mol. The number of rotatable bonds is 8. The minimum Gasteiger partial charge on any atom is -0.497 e. The summed E-state index contributed by atoms with van der Waals surface area (Å²) >= 11 is 0. The molecule has 26 heavy (non-hydrogen) atoms. The summed E-state index contributed by atoms with van der Waals surface area (Å²) in [6, 6.07) is 19.0. The molecule has 0 unspecified atom stereocenters. The molecular formula is C22H26N2O2. The van der Waals surface area contributed by atoms with Crippen molar-refractivity contribution < 1.29 is 9.53 Å². The number of amides is 1. The van der Waals surface area contributed by atoms with E-state index in [9.17, 15) is 4.79 Å². The quantitative estimate of drug-likeness (QED) is 0.790. The van der Waals surface area contributed by atoms with E-state index in [2.05, 4.69) is 34.5 Å². The van der Waals surface area contributed by atoms with E-state index in [4.69, 9.17) is 4.74 Å². The Morgan fingerprint density at radius 2 is 1.77 bits per heavy atom. The third kappa shape index (κ3) is 4.07. The maximum atomic E-state index is 13.1. The summed E-state index contributed by atoms with van der Waals surface area (Å²) < 4.78 is 5.26. The van der Waals surface area contributed by atoms with Crippen molar-refractivity contribution in [3.8, 4) is 5.75 Å². The molecular weight excluding hydrogens is 324 g/mol. The number of ether oxygens (including phenoxy) is 1. The van der Waals surface area contributed by atoms with E-state index in [1.807, 2.05) is 30.3 Å². The molecule has 0 saturated heterocycles. The van der Waals surface area contributed by atoms with Gasteiger partial charge < -0.3 is 10.1 Å². The zero-order valence-electron chi connectivity index (χ0n) is 15.2. The second-order valence-corrected chi connectivity index (χ2v) is 7.35. The fourth-order valence-corrected chi connectivity index (χ4v) is 3.42. The number of carbonyl (C=O) groups excluding carboxylic acids is 1. The minimum atomic E-state index is -0.230. The Bertz CT molecular complexity index is 736. The smallest absolute Gasteiger partial charge is 0.242 e. The Hall–Kier alpha value is -2.33. The molecule has 1 amide bonds. The van der Waals surface area contributed by atoms with Gasteiger partial charge in [-0.1, -0.05) is 42.5 Å². The molecule has 4 nitrogen and oxygen atoms in total. The maximum Gasteiger partial charge on any atom is 0.242 e. The van der Waals surface area contributed by atoms with Crippen molar-refractivity contribution in [2.45, 2.75) is 50.4 Å². The molecule has 0 aromatic heterocycles. The first-order valence-electron chi connectivity index (χ1n) is 9.48. The van der Waals surface area contributed by atoms with Crippen molar-refractivity contribution in [1.82, 2.24) is 10.2 Å². The van der Waals surface area contributed by atoms with Gasteiger partial charge >= 0.3 is 0 Å². The van der Waals surface area contributed by atoms with Gasteiger partial charge in [0.15, 0.2) is 0 Å². The summed E-state index contributed by atoms with van der Waals surface area (Å²) in [5.74, 6) is 0.997. The molecule has 2 aromatic carbocycles. The summed E-state index contributed by atoms with van der Waals surface area (Å²) in [6.07, 6.45) is 4.54. The van der Waals surface area contributed by atoms with E-state index >= 15 is 0 Å². The molecule has 1 N–H and O–H groups in total. The number of hydrogen-bond acceptors (Lipinski definition) is 3. The molecule has 4 rings (SSSR count). The molecule has 0 heterocycles. The van der Waals surface area contributed by atoms with Gasteiger partial charge in [0, 0.05) is 18.6 Å². The van der Waals surface area contributed by atoms with Gasteiger partial charge in [-0.25, -0.2) is 0 Å². The standard InChI is InChI=1S/C22H26N2O2/c1-26-20-13-7-16(8-14-20)15-24(19-11-12-19)21(17-5-3-2-4-6-17)22(25)23-18-9-10-18/h2-8,13-14,18-19,21H,9-12,15H2,1H3,(H,23,25)/t21-/m0/s1. The Kier molecular flexibility index (Phi) is 4.93. The first kappa shape index (κ1) is 17.1. The molecule has 0 spiro atoms. The van der Waals surface area contributed by atoms with E-state index < -0.39 is 0 Å². The Morgan fingerprint density at radius 1 is 1.08 bits per heavy atom. The highest BCUT2D eigenvalue weighted by atomic mass is 16.5. The van der Waals surface area contributed by atoms with E-state index in [1.165, 1.54) is 5.56 Å². The van der Waals surface area contributed by atoms with Crippen LogP contribution in [0.4, 0.5) is 0 Å². The van der Waals surface area contributed by atoms with Gasteiger partial charge in [-0.05, 0) is 48.9 Å². The fraction of sp³-hybridized carbons (Fsp3) is 0.409. The van der Waals surface area contributed by atoms with Crippen LogP contribution in [0.3, 0.4) is 0 Å². The van der Waals surface area contributed by atoms with Crippen molar-refractivity contribution in [2.75, 3.05) is 7.11 Å². The average Bonchev–Trinajstić information content (AvgIpc) is 3.57. The zero-order chi connectivity index (χ0) is 17.9. The van der Waals surface area contributed by atoms with Gasteiger partial charge in [-0.3, -0.25) is 9.69 Å². The van der Waals surface area contributed by atoms with Crippen molar-refractivity contribution in [3.63, 3.8) is 0 Å². The maximum absolute atomic E-state index is 13.1. The summed E-state index contributed by atoms with van der Waals surface area (Å²) in [5.41, 5.74) is 2.28. The van der Waals surface area contributed by atoms with E-state index in [0.29, 0.717) is 12.1 Å². The molecule has 0 radical (unpaired) electrons. The van der Waals surface area contributed by atoms with Gasteiger partial charge in [-0.15, -0.1) is 0 Å². The molecule has 0 aliphatic heterocycles. The molecule has 4 heteroatoms. The van der Waals surface area contributed by atoms with Crippen LogP contribution in [0.15, 0.2) is 54.6 Å². The van der Waals surface area contributed by atoms with Crippen LogP contribution >= 0.6 is 0 Å². The van der Waals surface area contributed by atoms with E-state index in [-0.39, 0.29) is 11.9 Å². The molecule has 0 bridgehead atoms. The van der Waals surface area contributed by atoms with Crippen molar-refractivity contribution >= 4 is 5.91 Å². The Balaban J connectivity index is 1.60. The molecule has 136 valence electrons. The summed E-state index contributed by atoms with van der Waals surface area (Å²) in [4.78, 5) is 15.5. The van der Waals surface area contributed by atoms with Gasteiger partial charge in [0.1, 0.15) is 11.8 Å². The Labute approximate surface area is 155 Å². The van der Waals surface area contributed by atoms with Gasteiger partial charge in [0.05, 0.1) is 7.11 Å². The lowest BCUT2D eigenvalue weighted by atomic mass is 10.0. The zero-order valence-corrected chi connectivity index (χ0v) is 15.2. The number of benzene rings is 2.